The summed E-state index contributed by atoms with van der Waals surface area (Å²) in [6.07, 6.45) is 2.15. The van der Waals surface area contributed by atoms with Gasteiger partial charge in [0.15, 0.2) is 5.17 Å². The van der Waals surface area contributed by atoms with E-state index in [2.05, 4.69) is 5.32 Å². The van der Waals surface area contributed by atoms with E-state index in [0.717, 1.165) is 35.3 Å². The van der Waals surface area contributed by atoms with Crippen molar-refractivity contribution in [1.82, 2.24) is 4.90 Å². The van der Waals surface area contributed by atoms with E-state index in [1.807, 2.05) is 63.2 Å². The summed E-state index contributed by atoms with van der Waals surface area (Å²) in [4.78, 5) is 32.1. The Morgan fingerprint density at radius 1 is 1.10 bits per heavy atom. The molecule has 1 heterocycles. The van der Waals surface area contributed by atoms with Gasteiger partial charge < -0.3 is 5.32 Å². The molecule has 0 aromatic heterocycles. The van der Waals surface area contributed by atoms with Gasteiger partial charge in [0, 0.05) is 18.2 Å². The molecule has 2 aromatic rings. The molecule has 1 N–H and O–H groups in total. The van der Waals surface area contributed by atoms with Crippen LogP contribution in [-0.2, 0) is 9.59 Å². The Kier molecular flexibility index (Phi) is 5.46. The van der Waals surface area contributed by atoms with Crippen molar-refractivity contribution < 1.29 is 9.59 Å². The minimum absolute atomic E-state index is 0.000797. The Morgan fingerprint density at radius 3 is 2.45 bits per heavy atom. The fraction of sp³-hybridized carbons (Fsp3) is 0.348. The van der Waals surface area contributed by atoms with E-state index in [9.17, 15) is 9.59 Å². The summed E-state index contributed by atoms with van der Waals surface area (Å²) in [7, 11) is 0. The van der Waals surface area contributed by atoms with E-state index >= 15 is 0 Å². The van der Waals surface area contributed by atoms with Gasteiger partial charge in [0.05, 0.1) is 5.69 Å². The molecule has 0 bridgehead atoms. The highest BCUT2D eigenvalue weighted by Gasteiger charge is 2.46. The molecule has 0 spiro atoms. The van der Waals surface area contributed by atoms with Crippen LogP contribution in [0.1, 0.15) is 36.0 Å². The van der Waals surface area contributed by atoms with Crippen LogP contribution in [0.25, 0.3) is 0 Å². The number of carbonyl (C=O) groups excluding carboxylic acids is 2. The largest absolute Gasteiger partial charge is 0.326 e. The van der Waals surface area contributed by atoms with Crippen LogP contribution in [0.5, 0.6) is 0 Å². The molecule has 0 radical (unpaired) electrons. The molecule has 2 fully saturated rings. The molecule has 0 unspecified atom stereocenters. The van der Waals surface area contributed by atoms with Crippen LogP contribution >= 0.6 is 11.8 Å². The van der Waals surface area contributed by atoms with Crippen molar-refractivity contribution in [3.05, 3.63) is 59.2 Å². The molecule has 5 nitrogen and oxygen atoms in total. The number of carbonyl (C=O) groups is 2. The van der Waals surface area contributed by atoms with Crippen LogP contribution in [0, 0.1) is 20.8 Å². The van der Waals surface area contributed by atoms with Gasteiger partial charge in [-0.15, -0.1) is 0 Å². The Hall–Kier alpha value is -2.60. The Balaban J connectivity index is 1.48. The number of hydrogen-bond acceptors (Lipinski definition) is 4. The molecule has 29 heavy (non-hydrogen) atoms. The number of hydrogen-bond donors (Lipinski definition) is 1. The number of anilines is 1. The average Bonchev–Trinajstić information content (AvgIpc) is 3.46. The lowest BCUT2D eigenvalue weighted by Gasteiger charge is -2.15. The molecule has 4 rings (SSSR count). The average molecular weight is 408 g/mol. The number of nitrogens with zero attached hydrogens (tertiary/aromatic N) is 2. The molecular weight excluding hydrogens is 382 g/mol. The Bertz CT molecular complexity index is 980. The first kappa shape index (κ1) is 19.7. The van der Waals surface area contributed by atoms with Crippen molar-refractivity contribution in [2.45, 2.75) is 51.3 Å². The molecule has 2 amide bonds. The molecule has 2 aromatic carbocycles. The van der Waals surface area contributed by atoms with Gasteiger partial charge in [-0.1, -0.05) is 47.2 Å². The summed E-state index contributed by atoms with van der Waals surface area (Å²) in [6, 6.07) is 14.1. The third-order valence-electron chi connectivity index (χ3n) is 5.16. The summed E-state index contributed by atoms with van der Waals surface area (Å²) in [5, 5.41) is 3.24. The highest BCUT2D eigenvalue weighted by atomic mass is 32.2. The van der Waals surface area contributed by atoms with Gasteiger partial charge in [-0.25, -0.2) is 4.99 Å². The highest BCUT2D eigenvalue weighted by Crippen LogP contribution is 2.39. The molecule has 1 aliphatic carbocycles. The van der Waals surface area contributed by atoms with Crippen LogP contribution in [-0.4, -0.2) is 33.2 Å². The Labute approximate surface area is 175 Å². The van der Waals surface area contributed by atoms with Gasteiger partial charge in [-0.2, -0.15) is 0 Å². The summed E-state index contributed by atoms with van der Waals surface area (Å²) >= 11 is 1.41. The predicted molar refractivity (Wildman–Crippen MR) is 119 cm³/mol. The number of amides is 2. The lowest BCUT2D eigenvalue weighted by molar-refractivity contribution is -0.128. The first-order valence-electron chi connectivity index (χ1n) is 9.93. The van der Waals surface area contributed by atoms with Crippen LogP contribution in [0.15, 0.2) is 47.5 Å². The van der Waals surface area contributed by atoms with E-state index in [-0.39, 0.29) is 24.3 Å². The van der Waals surface area contributed by atoms with E-state index in [4.69, 9.17) is 4.99 Å². The number of nitrogens with one attached hydrogen (secondary N) is 1. The maximum atomic E-state index is 13.0. The second kappa shape index (κ2) is 8.03. The molecule has 1 saturated carbocycles. The number of thioether (sulfide) groups is 1. The van der Waals surface area contributed by atoms with Crippen LogP contribution < -0.4 is 5.32 Å². The second-order valence-corrected chi connectivity index (χ2v) is 9.02. The predicted octanol–water partition coefficient (Wildman–Crippen LogP) is 4.73. The Morgan fingerprint density at radius 2 is 1.79 bits per heavy atom. The van der Waals surface area contributed by atoms with E-state index < -0.39 is 5.25 Å². The van der Waals surface area contributed by atoms with E-state index in [0.29, 0.717) is 5.17 Å². The fourth-order valence-corrected chi connectivity index (χ4v) is 4.63. The zero-order valence-corrected chi connectivity index (χ0v) is 17.8. The molecule has 6 heteroatoms. The number of aliphatic imine (C=N–C) groups is 1. The second-order valence-electron chi connectivity index (χ2n) is 7.85. The van der Waals surface area contributed by atoms with Gasteiger partial charge in [0.25, 0.3) is 0 Å². The molecule has 1 atom stereocenters. The zero-order valence-electron chi connectivity index (χ0n) is 16.9. The van der Waals surface area contributed by atoms with E-state index in [1.54, 1.807) is 4.90 Å². The zero-order chi connectivity index (χ0) is 20.5. The first-order chi connectivity index (χ1) is 13.9. The summed E-state index contributed by atoms with van der Waals surface area (Å²) in [6.45, 7) is 6.03. The fourth-order valence-electron chi connectivity index (χ4n) is 3.42. The normalized spacial score (nSPS) is 20.4. The van der Waals surface area contributed by atoms with Crippen molar-refractivity contribution in [2.75, 3.05) is 5.32 Å². The maximum absolute atomic E-state index is 13.0. The monoisotopic (exact) mass is 407 g/mol. The minimum atomic E-state index is -0.425. The third-order valence-corrected chi connectivity index (χ3v) is 6.32. The maximum Gasteiger partial charge on any atom is 0.242 e. The molecule has 1 saturated heterocycles. The van der Waals surface area contributed by atoms with Crippen LogP contribution in [0.4, 0.5) is 11.4 Å². The van der Waals surface area contributed by atoms with Gasteiger partial charge in [-0.05, 0) is 57.4 Å². The topological polar surface area (TPSA) is 61.8 Å². The molecule has 1 aliphatic heterocycles. The van der Waals surface area contributed by atoms with E-state index in [1.165, 1.54) is 17.3 Å². The van der Waals surface area contributed by atoms with Crippen LogP contribution in [0.3, 0.4) is 0 Å². The molecular formula is C23H25N3O2S. The first-order valence-corrected chi connectivity index (χ1v) is 10.8. The smallest absolute Gasteiger partial charge is 0.242 e. The third kappa shape index (κ3) is 4.53. The number of rotatable bonds is 5. The number of amidine groups is 1. The van der Waals surface area contributed by atoms with Crippen molar-refractivity contribution in [3.63, 3.8) is 0 Å². The lowest BCUT2D eigenvalue weighted by atomic mass is 10.1. The minimum Gasteiger partial charge on any atom is -0.326 e. The quantitative estimate of drug-likeness (QED) is 0.779. The van der Waals surface area contributed by atoms with Gasteiger partial charge >= 0.3 is 0 Å². The van der Waals surface area contributed by atoms with Crippen molar-refractivity contribution in [3.8, 4) is 0 Å². The van der Waals surface area contributed by atoms with Crippen LogP contribution in [0.2, 0.25) is 0 Å². The van der Waals surface area contributed by atoms with Gasteiger partial charge in [-0.3, -0.25) is 14.5 Å². The number of aryl methyl sites for hydroxylation is 3. The standard InChI is InChI=1S/C23H25N3O2S/c1-14-4-7-17(8-5-14)24-23-26(18-9-10-18)22(28)20(29-23)13-21(27)25-19-11-6-15(2)12-16(19)3/h4-8,11-12,18,20H,9-10,13H2,1-3H3,(H,25,27)/t20-/m1/s1. The number of benzene rings is 2. The van der Waals surface area contributed by atoms with Crippen molar-refractivity contribution in [2.24, 2.45) is 4.99 Å². The summed E-state index contributed by atoms with van der Waals surface area (Å²) < 4.78 is 0. The lowest BCUT2D eigenvalue weighted by Crippen LogP contribution is -2.35. The van der Waals surface area contributed by atoms with Crippen molar-refractivity contribution >= 4 is 40.1 Å². The summed E-state index contributed by atoms with van der Waals surface area (Å²) in [5.41, 5.74) is 4.97. The van der Waals surface area contributed by atoms with Gasteiger partial charge in [0.1, 0.15) is 5.25 Å². The SMILES string of the molecule is Cc1ccc(N=C2S[C@H](CC(=O)Nc3ccc(C)cc3C)C(=O)N2C2CC2)cc1. The van der Waals surface area contributed by atoms with Gasteiger partial charge in [0.2, 0.25) is 11.8 Å². The summed E-state index contributed by atoms with van der Waals surface area (Å²) in [5.74, 6) is -0.144. The molecule has 2 aliphatic rings. The molecule has 150 valence electrons. The highest BCUT2D eigenvalue weighted by molar-refractivity contribution is 8.15. The van der Waals surface area contributed by atoms with Crippen molar-refractivity contribution in [1.29, 1.82) is 0 Å².